The molecule has 0 spiro atoms. The Balaban J connectivity index is 0.00000338. The summed E-state index contributed by atoms with van der Waals surface area (Å²) in [7, 11) is 1.85. The van der Waals surface area contributed by atoms with Gasteiger partial charge in [-0.25, -0.2) is 0 Å². The molecule has 2 N–H and O–H groups in total. The number of rotatable bonds is 8. The standard InChI is InChI=1S/C20H34N4S.HI/c1-17(2)15-24-12-7-8-18(16-24)14-23-20(21-3)22-11-13-25-19-9-5-4-6-10-19;/h4-6,9-10,17-18H,7-8,11-16H2,1-3H3,(H2,21,22,23);1H. The molecule has 0 aliphatic carbocycles. The van der Waals surface area contributed by atoms with Crippen LogP contribution >= 0.6 is 35.7 Å². The molecule has 1 heterocycles. The highest BCUT2D eigenvalue weighted by atomic mass is 127. The molecule has 1 aromatic rings. The molecule has 2 rings (SSSR count). The third kappa shape index (κ3) is 9.46. The number of halogens is 1. The van der Waals surface area contributed by atoms with E-state index >= 15 is 0 Å². The number of aliphatic imine (C=N–C) groups is 1. The third-order valence-electron chi connectivity index (χ3n) is 4.41. The lowest BCUT2D eigenvalue weighted by Gasteiger charge is -2.34. The first kappa shape index (κ1) is 23.6. The Bertz CT molecular complexity index is 510. The maximum absolute atomic E-state index is 4.36. The van der Waals surface area contributed by atoms with Gasteiger partial charge in [-0.2, -0.15) is 0 Å². The number of likely N-dealkylation sites (tertiary alicyclic amines) is 1. The molecule has 6 heteroatoms. The van der Waals surface area contributed by atoms with Crippen molar-refractivity contribution in [2.45, 2.75) is 31.6 Å². The van der Waals surface area contributed by atoms with Crippen molar-refractivity contribution in [3.63, 3.8) is 0 Å². The molecule has 0 aromatic heterocycles. The summed E-state index contributed by atoms with van der Waals surface area (Å²) < 4.78 is 0. The van der Waals surface area contributed by atoms with E-state index in [1.807, 2.05) is 18.8 Å². The van der Waals surface area contributed by atoms with Crippen molar-refractivity contribution in [1.82, 2.24) is 15.5 Å². The largest absolute Gasteiger partial charge is 0.356 e. The van der Waals surface area contributed by atoms with Crippen molar-refractivity contribution < 1.29 is 0 Å². The molecule has 0 saturated carbocycles. The van der Waals surface area contributed by atoms with E-state index in [0.717, 1.165) is 36.6 Å². The molecule has 1 aliphatic rings. The molecular weight excluding hydrogens is 455 g/mol. The fourth-order valence-corrected chi connectivity index (χ4v) is 4.11. The lowest BCUT2D eigenvalue weighted by Crippen LogP contribution is -2.45. The molecule has 1 atom stereocenters. The van der Waals surface area contributed by atoms with Crippen LogP contribution in [-0.4, -0.2) is 56.4 Å². The third-order valence-corrected chi connectivity index (χ3v) is 5.43. The number of hydrogen-bond donors (Lipinski definition) is 2. The zero-order chi connectivity index (χ0) is 17.9. The van der Waals surface area contributed by atoms with Crippen LogP contribution in [0.5, 0.6) is 0 Å². The smallest absolute Gasteiger partial charge is 0.191 e. The number of guanidine groups is 1. The first-order chi connectivity index (χ1) is 12.2. The summed E-state index contributed by atoms with van der Waals surface area (Å²) in [6.45, 7) is 10.2. The van der Waals surface area contributed by atoms with Gasteiger partial charge in [0.15, 0.2) is 5.96 Å². The molecule has 1 unspecified atom stereocenters. The molecule has 1 fully saturated rings. The van der Waals surface area contributed by atoms with Crippen LogP contribution in [0.3, 0.4) is 0 Å². The van der Waals surface area contributed by atoms with Crippen LogP contribution in [0.15, 0.2) is 40.2 Å². The Morgan fingerprint density at radius 2 is 2.04 bits per heavy atom. The first-order valence-corrected chi connectivity index (χ1v) is 10.5. The van der Waals surface area contributed by atoms with Crippen LogP contribution in [-0.2, 0) is 0 Å². The Hall–Kier alpha value is -0.470. The lowest BCUT2D eigenvalue weighted by atomic mass is 9.97. The average Bonchev–Trinajstić information content (AvgIpc) is 2.62. The Morgan fingerprint density at radius 3 is 2.73 bits per heavy atom. The Labute approximate surface area is 181 Å². The minimum atomic E-state index is 0. The minimum absolute atomic E-state index is 0. The van der Waals surface area contributed by atoms with E-state index in [0.29, 0.717) is 0 Å². The van der Waals surface area contributed by atoms with Crippen LogP contribution in [0, 0.1) is 11.8 Å². The van der Waals surface area contributed by atoms with Gasteiger partial charge in [0.25, 0.3) is 0 Å². The molecule has 0 amide bonds. The average molecular weight is 490 g/mol. The van der Waals surface area contributed by atoms with Crippen molar-refractivity contribution in [3.8, 4) is 0 Å². The Morgan fingerprint density at radius 1 is 1.27 bits per heavy atom. The van der Waals surface area contributed by atoms with E-state index in [1.165, 1.54) is 37.4 Å². The van der Waals surface area contributed by atoms with Gasteiger partial charge >= 0.3 is 0 Å². The van der Waals surface area contributed by atoms with E-state index in [4.69, 9.17) is 0 Å². The van der Waals surface area contributed by atoms with Crippen LogP contribution in [0.1, 0.15) is 26.7 Å². The summed E-state index contributed by atoms with van der Waals surface area (Å²) in [4.78, 5) is 8.29. The number of thioether (sulfide) groups is 1. The fraction of sp³-hybridized carbons (Fsp3) is 0.650. The Kier molecular flexibility index (Phi) is 12.4. The van der Waals surface area contributed by atoms with E-state index in [-0.39, 0.29) is 24.0 Å². The van der Waals surface area contributed by atoms with E-state index in [9.17, 15) is 0 Å². The van der Waals surface area contributed by atoms with Gasteiger partial charge in [0.2, 0.25) is 0 Å². The zero-order valence-electron chi connectivity index (χ0n) is 16.4. The highest BCUT2D eigenvalue weighted by Gasteiger charge is 2.20. The van der Waals surface area contributed by atoms with Gasteiger partial charge in [-0.15, -0.1) is 35.7 Å². The van der Waals surface area contributed by atoms with Crippen molar-refractivity contribution in [2.75, 3.05) is 45.5 Å². The van der Waals surface area contributed by atoms with Crippen LogP contribution in [0.2, 0.25) is 0 Å². The normalized spacial score (nSPS) is 18.5. The van der Waals surface area contributed by atoms with Crippen molar-refractivity contribution in [2.24, 2.45) is 16.8 Å². The topological polar surface area (TPSA) is 39.7 Å². The highest BCUT2D eigenvalue weighted by molar-refractivity contribution is 14.0. The van der Waals surface area contributed by atoms with Gasteiger partial charge in [0, 0.05) is 43.9 Å². The molecule has 0 radical (unpaired) electrons. The number of nitrogens with one attached hydrogen (secondary N) is 2. The molecular formula is C20H35IN4S. The van der Waals surface area contributed by atoms with Crippen LogP contribution < -0.4 is 10.6 Å². The highest BCUT2D eigenvalue weighted by Crippen LogP contribution is 2.17. The second kappa shape index (κ2) is 13.7. The summed E-state index contributed by atoms with van der Waals surface area (Å²) >= 11 is 1.87. The van der Waals surface area contributed by atoms with Gasteiger partial charge in [0.1, 0.15) is 0 Å². The minimum Gasteiger partial charge on any atom is -0.356 e. The van der Waals surface area contributed by atoms with Crippen molar-refractivity contribution in [3.05, 3.63) is 30.3 Å². The van der Waals surface area contributed by atoms with Gasteiger partial charge in [-0.3, -0.25) is 4.99 Å². The summed E-state index contributed by atoms with van der Waals surface area (Å²) in [5.41, 5.74) is 0. The molecule has 1 aliphatic heterocycles. The molecule has 4 nitrogen and oxygen atoms in total. The van der Waals surface area contributed by atoms with Crippen LogP contribution in [0.25, 0.3) is 0 Å². The zero-order valence-corrected chi connectivity index (χ0v) is 19.6. The van der Waals surface area contributed by atoms with E-state index < -0.39 is 0 Å². The quantitative estimate of drug-likeness (QED) is 0.191. The summed E-state index contributed by atoms with van der Waals surface area (Å²) in [5, 5.41) is 6.94. The predicted molar refractivity (Wildman–Crippen MR) is 126 cm³/mol. The SMILES string of the molecule is CN=C(NCCSc1ccccc1)NCC1CCCN(CC(C)C)C1.I. The summed E-state index contributed by atoms with van der Waals surface area (Å²) in [6, 6.07) is 10.5. The summed E-state index contributed by atoms with van der Waals surface area (Å²) in [5.74, 6) is 3.44. The van der Waals surface area contributed by atoms with Crippen molar-refractivity contribution >= 4 is 41.7 Å². The number of benzene rings is 1. The summed E-state index contributed by atoms with van der Waals surface area (Å²) in [6.07, 6.45) is 2.64. The van der Waals surface area contributed by atoms with Gasteiger partial charge < -0.3 is 15.5 Å². The number of nitrogens with zero attached hydrogens (tertiary/aromatic N) is 2. The maximum Gasteiger partial charge on any atom is 0.191 e. The molecule has 148 valence electrons. The number of piperidine rings is 1. The van der Waals surface area contributed by atoms with Crippen LogP contribution in [0.4, 0.5) is 0 Å². The van der Waals surface area contributed by atoms with E-state index in [2.05, 4.69) is 64.7 Å². The molecule has 1 saturated heterocycles. The second-order valence-electron chi connectivity index (χ2n) is 7.20. The molecule has 26 heavy (non-hydrogen) atoms. The fourth-order valence-electron chi connectivity index (χ4n) is 3.32. The van der Waals surface area contributed by atoms with Gasteiger partial charge in [-0.1, -0.05) is 32.0 Å². The monoisotopic (exact) mass is 490 g/mol. The maximum atomic E-state index is 4.36. The van der Waals surface area contributed by atoms with E-state index in [1.54, 1.807) is 0 Å². The predicted octanol–water partition coefficient (Wildman–Crippen LogP) is 3.93. The first-order valence-electron chi connectivity index (χ1n) is 9.52. The second-order valence-corrected chi connectivity index (χ2v) is 8.37. The van der Waals surface area contributed by atoms with Crippen molar-refractivity contribution in [1.29, 1.82) is 0 Å². The van der Waals surface area contributed by atoms with Gasteiger partial charge in [0.05, 0.1) is 0 Å². The molecule has 1 aromatic carbocycles. The van der Waals surface area contributed by atoms with Gasteiger partial charge in [-0.05, 0) is 43.4 Å². The lowest BCUT2D eigenvalue weighted by molar-refractivity contribution is 0.159. The number of hydrogen-bond acceptors (Lipinski definition) is 3. The molecule has 0 bridgehead atoms.